The minimum Gasteiger partial charge on any atom is -0.303 e. The molecule has 1 atom stereocenters. The average molecular weight is 202 g/mol. The van der Waals surface area contributed by atoms with E-state index in [1.54, 1.807) is 0 Å². The van der Waals surface area contributed by atoms with Crippen LogP contribution in [-0.2, 0) is 17.6 Å². The third kappa shape index (κ3) is 2.11. The van der Waals surface area contributed by atoms with Crippen molar-refractivity contribution in [2.24, 2.45) is 0 Å². The summed E-state index contributed by atoms with van der Waals surface area (Å²) in [6.07, 6.45) is 6.51. The Morgan fingerprint density at radius 2 is 2.13 bits per heavy atom. The number of benzene rings is 1. The number of hydrogen-bond donors (Lipinski definition) is 0. The molecule has 80 valence electrons. The van der Waals surface area contributed by atoms with Crippen molar-refractivity contribution in [2.45, 2.75) is 44.9 Å². The third-order valence-electron chi connectivity index (χ3n) is 3.47. The molecule has 0 amide bonds. The van der Waals surface area contributed by atoms with Crippen molar-refractivity contribution in [3.63, 3.8) is 0 Å². The number of fused-ring (bicyclic) bond motifs is 1. The molecule has 1 aliphatic carbocycles. The first kappa shape index (κ1) is 10.4. The Morgan fingerprint density at radius 1 is 1.33 bits per heavy atom. The topological polar surface area (TPSA) is 17.1 Å². The van der Waals surface area contributed by atoms with Crippen LogP contribution in [0.1, 0.15) is 48.8 Å². The van der Waals surface area contributed by atoms with Gasteiger partial charge in [-0.1, -0.05) is 25.1 Å². The van der Waals surface area contributed by atoms with Crippen LogP contribution in [0.3, 0.4) is 0 Å². The van der Waals surface area contributed by atoms with Gasteiger partial charge < -0.3 is 4.79 Å². The maximum atomic E-state index is 10.6. The monoisotopic (exact) mass is 202 g/mol. The first-order valence-electron chi connectivity index (χ1n) is 5.90. The summed E-state index contributed by atoms with van der Waals surface area (Å²) in [5.74, 6) is 0.424. The molecule has 0 fully saturated rings. The highest BCUT2D eigenvalue weighted by atomic mass is 16.1. The van der Waals surface area contributed by atoms with Crippen LogP contribution < -0.4 is 0 Å². The van der Waals surface area contributed by atoms with Gasteiger partial charge in [0.1, 0.15) is 6.29 Å². The highest BCUT2D eigenvalue weighted by molar-refractivity contribution is 5.52. The summed E-state index contributed by atoms with van der Waals surface area (Å²) in [4.78, 5) is 10.6. The second-order valence-corrected chi connectivity index (χ2v) is 4.39. The Balaban J connectivity index is 2.24. The predicted octanol–water partition coefficient (Wildman–Crippen LogP) is 3.26. The van der Waals surface area contributed by atoms with Crippen LogP contribution in [0.2, 0.25) is 0 Å². The molecule has 1 aromatic rings. The van der Waals surface area contributed by atoms with Crippen molar-refractivity contribution in [3.05, 3.63) is 34.9 Å². The Kier molecular flexibility index (Phi) is 3.20. The number of carbonyl (C=O) groups excluding carboxylic acids is 1. The van der Waals surface area contributed by atoms with Crippen molar-refractivity contribution >= 4 is 6.29 Å². The van der Waals surface area contributed by atoms with E-state index in [1.807, 2.05) is 0 Å². The van der Waals surface area contributed by atoms with Crippen molar-refractivity contribution in [1.82, 2.24) is 0 Å². The number of aldehydes is 1. The molecule has 1 unspecified atom stereocenters. The van der Waals surface area contributed by atoms with Gasteiger partial charge in [0.2, 0.25) is 0 Å². The Morgan fingerprint density at radius 3 is 2.87 bits per heavy atom. The zero-order valence-electron chi connectivity index (χ0n) is 9.33. The van der Waals surface area contributed by atoms with Crippen molar-refractivity contribution in [3.8, 4) is 0 Å². The molecule has 0 saturated heterocycles. The molecule has 0 heterocycles. The smallest absolute Gasteiger partial charge is 0.120 e. The van der Waals surface area contributed by atoms with Crippen LogP contribution in [0.5, 0.6) is 0 Å². The van der Waals surface area contributed by atoms with Crippen molar-refractivity contribution < 1.29 is 4.79 Å². The third-order valence-corrected chi connectivity index (χ3v) is 3.47. The van der Waals surface area contributed by atoms with Crippen LogP contribution in [0.4, 0.5) is 0 Å². The molecule has 0 radical (unpaired) electrons. The van der Waals surface area contributed by atoms with Gasteiger partial charge in [0, 0.05) is 6.42 Å². The minimum absolute atomic E-state index is 0.424. The maximum Gasteiger partial charge on any atom is 0.120 e. The molecular weight excluding hydrogens is 184 g/mol. The Hall–Kier alpha value is -1.11. The van der Waals surface area contributed by atoms with Gasteiger partial charge in [-0.15, -0.1) is 0 Å². The fourth-order valence-corrected chi connectivity index (χ4v) is 2.50. The fraction of sp³-hybridized carbons (Fsp3) is 0.500. The largest absolute Gasteiger partial charge is 0.303 e. The summed E-state index contributed by atoms with van der Waals surface area (Å²) in [6.45, 7) is 2.15. The highest BCUT2D eigenvalue weighted by Crippen LogP contribution is 2.28. The predicted molar refractivity (Wildman–Crippen MR) is 62.2 cm³/mol. The number of aryl methyl sites for hydroxylation is 2. The van der Waals surface area contributed by atoms with E-state index in [2.05, 4.69) is 25.1 Å². The van der Waals surface area contributed by atoms with Gasteiger partial charge in [0.25, 0.3) is 0 Å². The Bertz CT molecular complexity index is 354. The molecule has 1 aliphatic rings. The standard InChI is InChI=1S/C14H18O/c1-2-11(8-9-15)14-7-6-12-4-3-5-13(12)10-14/h6-7,9-11H,2-5,8H2,1H3. The van der Waals surface area contributed by atoms with Gasteiger partial charge in [-0.05, 0) is 48.3 Å². The summed E-state index contributed by atoms with van der Waals surface area (Å²) in [5.41, 5.74) is 4.38. The molecule has 0 aromatic heterocycles. The van der Waals surface area contributed by atoms with Crippen LogP contribution in [-0.4, -0.2) is 6.29 Å². The van der Waals surface area contributed by atoms with Crippen LogP contribution in [0.25, 0.3) is 0 Å². The lowest BCUT2D eigenvalue weighted by atomic mass is 9.91. The first-order valence-corrected chi connectivity index (χ1v) is 5.90. The van der Waals surface area contributed by atoms with E-state index in [0.717, 1.165) is 12.7 Å². The minimum atomic E-state index is 0.424. The molecule has 0 saturated carbocycles. The summed E-state index contributed by atoms with van der Waals surface area (Å²) in [5, 5.41) is 0. The number of hydrogen-bond acceptors (Lipinski definition) is 1. The SMILES string of the molecule is CCC(CC=O)c1ccc2c(c1)CCC2. The summed E-state index contributed by atoms with van der Waals surface area (Å²) in [6, 6.07) is 6.78. The number of rotatable bonds is 4. The second-order valence-electron chi connectivity index (χ2n) is 4.39. The maximum absolute atomic E-state index is 10.6. The molecular formula is C14H18O. The quantitative estimate of drug-likeness (QED) is 0.685. The van der Waals surface area contributed by atoms with Gasteiger partial charge in [0.05, 0.1) is 0 Å². The van der Waals surface area contributed by atoms with E-state index in [9.17, 15) is 4.79 Å². The second kappa shape index (κ2) is 4.61. The molecule has 0 N–H and O–H groups in total. The Labute approximate surface area is 91.5 Å². The van der Waals surface area contributed by atoms with Gasteiger partial charge in [-0.25, -0.2) is 0 Å². The van der Waals surface area contributed by atoms with E-state index in [0.29, 0.717) is 12.3 Å². The molecule has 1 nitrogen and oxygen atoms in total. The van der Waals surface area contributed by atoms with Gasteiger partial charge in [0.15, 0.2) is 0 Å². The van der Waals surface area contributed by atoms with E-state index in [-0.39, 0.29) is 0 Å². The van der Waals surface area contributed by atoms with E-state index in [1.165, 1.54) is 36.0 Å². The van der Waals surface area contributed by atoms with Crippen LogP contribution in [0.15, 0.2) is 18.2 Å². The average Bonchev–Trinajstić information content (AvgIpc) is 2.72. The zero-order valence-corrected chi connectivity index (χ0v) is 9.33. The van der Waals surface area contributed by atoms with Gasteiger partial charge >= 0.3 is 0 Å². The van der Waals surface area contributed by atoms with Crippen molar-refractivity contribution in [2.75, 3.05) is 0 Å². The zero-order chi connectivity index (χ0) is 10.7. The molecule has 1 aromatic carbocycles. The molecule has 1 heteroatoms. The van der Waals surface area contributed by atoms with Gasteiger partial charge in [-0.2, -0.15) is 0 Å². The van der Waals surface area contributed by atoms with Crippen LogP contribution in [0, 0.1) is 0 Å². The lowest BCUT2D eigenvalue weighted by Crippen LogP contribution is -1.99. The lowest BCUT2D eigenvalue weighted by molar-refractivity contribution is -0.108. The summed E-state index contributed by atoms with van der Waals surface area (Å²) in [7, 11) is 0. The first-order chi connectivity index (χ1) is 7.35. The van der Waals surface area contributed by atoms with Crippen molar-refractivity contribution in [1.29, 1.82) is 0 Å². The van der Waals surface area contributed by atoms with E-state index >= 15 is 0 Å². The molecule has 15 heavy (non-hydrogen) atoms. The highest BCUT2D eigenvalue weighted by Gasteiger charge is 2.14. The van der Waals surface area contributed by atoms with Crippen LogP contribution >= 0.6 is 0 Å². The van der Waals surface area contributed by atoms with Gasteiger partial charge in [-0.3, -0.25) is 0 Å². The number of carbonyl (C=O) groups is 1. The van der Waals surface area contributed by atoms with E-state index < -0.39 is 0 Å². The van der Waals surface area contributed by atoms with E-state index in [4.69, 9.17) is 0 Å². The normalized spacial score (nSPS) is 16.1. The molecule has 0 spiro atoms. The lowest BCUT2D eigenvalue weighted by Gasteiger charge is -2.13. The molecule has 0 aliphatic heterocycles. The fourth-order valence-electron chi connectivity index (χ4n) is 2.50. The summed E-state index contributed by atoms with van der Waals surface area (Å²) < 4.78 is 0. The summed E-state index contributed by atoms with van der Waals surface area (Å²) >= 11 is 0. The molecule has 2 rings (SSSR count). The molecule has 0 bridgehead atoms.